The monoisotopic (exact) mass is 350 g/mol. The number of morpholine rings is 1. The van der Waals surface area contributed by atoms with Gasteiger partial charge in [-0.25, -0.2) is 0 Å². The molecule has 132 valence electrons. The molecule has 8 nitrogen and oxygen atoms in total. The highest BCUT2D eigenvalue weighted by Gasteiger charge is 2.34. The van der Waals surface area contributed by atoms with Crippen molar-refractivity contribution in [3.05, 3.63) is 48.3 Å². The summed E-state index contributed by atoms with van der Waals surface area (Å²) in [6.07, 6.45) is 1.97. The van der Waals surface area contributed by atoms with Crippen molar-refractivity contribution in [1.29, 1.82) is 0 Å². The number of anilines is 2. The molecule has 4 heterocycles. The van der Waals surface area contributed by atoms with Crippen molar-refractivity contribution in [2.45, 2.75) is 12.5 Å². The summed E-state index contributed by atoms with van der Waals surface area (Å²) in [5.41, 5.74) is 2.92. The van der Waals surface area contributed by atoms with Gasteiger partial charge in [0.1, 0.15) is 12.1 Å². The van der Waals surface area contributed by atoms with Crippen LogP contribution in [0.4, 0.5) is 11.5 Å². The number of benzene rings is 1. The maximum Gasteiger partial charge on any atom is 0.257 e. The molecule has 2 aliphatic heterocycles. The first-order chi connectivity index (χ1) is 12.8. The number of nitrogens with zero attached hydrogens (tertiary/aromatic N) is 6. The maximum atomic E-state index is 13.0. The third-order valence-electron chi connectivity index (χ3n) is 4.97. The summed E-state index contributed by atoms with van der Waals surface area (Å²) in [5.74, 6) is 0.810. The Balaban J connectivity index is 1.36. The summed E-state index contributed by atoms with van der Waals surface area (Å²) in [4.78, 5) is 17.0. The number of rotatable bonds is 2. The Morgan fingerprint density at radius 3 is 3.04 bits per heavy atom. The van der Waals surface area contributed by atoms with E-state index in [0.29, 0.717) is 31.9 Å². The standard InChI is InChI=1S/C18H18N6O2/c25-18(23-8-7-13-3-1-2-4-14(13)23)15-11-22(9-10-26-15)17-6-5-16-20-19-12-24(16)21-17/h1-6,12,15H,7-11H2. The lowest BCUT2D eigenvalue weighted by Crippen LogP contribution is -2.51. The largest absolute Gasteiger partial charge is 0.365 e. The first-order valence-electron chi connectivity index (χ1n) is 8.72. The van der Waals surface area contributed by atoms with Crippen molar-refractivity contribution < 1.29 is 9.53 Å². The molecule has 26 heavy (non-hydrogen) atoms. The van der Waals surface area contributed by atoms with Crippen LogP contribution in [-0.4, -0.2) is 58.1 Å². The van der Waals surface area contributed by atoms with Gasteiger partial charge >= 0.3 is 0 Å². The minimum Gasteiger partial charge on any atom is -0.365 e. The summed E-state index contributed by atoms with van der Waals surface area (Å²) >= 11 is 0. The Labute approximate surface area is 150 Å². The normalized spacial score (nSPS) is 19.8. The van der Waals surface area contributed by atoms with Crippen molar-refractivity contribution in [2.24, 2.45) is 0 Å². The molecule has 2 aromatic heterocycles. The summed E-state index contributed by atoms with van der Waals surface area (Å²) in [6.45, 7) is 2.38. The Morgan fingerprint density at radius 2 is 2.08 bits per heavy atom. The number of amides is 1. The van der Waals surface area contributed by atoms with E-state index in [9.17, 15) is 4.79 Å². The molecule has 0 N–H and O–H groups in total. The molecule has 1 unspecified atom stereocenters. The Hall–Kier alpha value is -3.00. The fraction of sp³-hybridized carbons (Fsp3) is 0.333. The zero-order valence-corrected chi connectivity index (χ0v) is 14.2. The van der Waals surface area contributed by atoms with Crippen LogP contribution in [0.25, 0.3) is 5.65 Å². The van der Waals surface area contributed by atoms with Crippen LogP contribution in [0.1, 0.15) is 5.56 Å². The predicted octanol–water partition coefficient (Wildman–Crippen LogP) is 0.919. The number of para-hydroxylation sites is 1. The smallest absolute Gasteiger partial charge is 0.257 e. The van der Waals surface area contributed by atoms with Gasteiger partial charge in [0.05, 0.1) is 13.2 Å². The molecule has 0 bridgehead atoms. The van der Waals surface area contributed by atoms with Crippen molar-refractivity contribution >= 4 is 23.1 Å². The fourth-order valence-electron chi connectivity index (χ4n) is 3.63. The molecule has 3 aromatic rings. The third-order valence-corrected chi connectivity index (χ3v) is 4.97. The minimum atomic E-state index is -0.492. The van der Waals surface area contributed by atoms with Crippen LogP contribution in [0.15, 0.2) is 42.7 Å². The molecule has 0 radical (unpaired) electrons. The molecule has 2 aliphatic rings. The number of hydrogen-bond donors (Lipinski definition) is 0. The van der Waals surface area contributed by atoms with Crippen molar-refractivity contribution in [3.8, 4) is 0 Å². The number of carbonyl (C=O) groups excluding carboxylic acids is 1. The molecular weight excluding hydrogens is 332 g/mol. The molecule has 1 fully saturated rings. The lowest BCUT2D eigenvalue weighted by molar-refractivity contribution is -0.130. The quantitative estimate of drug-likeness (QED) is 0.684. The summed E-state index contributed by atoms with van der Waals surface area (Å²) in [5, 5.41) is 12.3. The van der Waals surface area contributed by atoms with E-state index >= 15 is 0 Å². The summed E-state index contributed by atoms with van der Waals surface area (Å²) in [7, 11) is 0. The van der Waals surface area contributed by atoms with Crippen LogP contribution in [-0.2, 0) is 16.0 Å². The molecule has 5 rings (SSSR count). The molecule has 8 heteroatoms. The van der Waals surface area contributed by atoms with Crippen LogP contribution in [0, 0.1) is 0 Å². The van der Waals surface area contributed by atoms with E-state index < -0.39 is 6.10 Å². The van der Waals surface area contributed by atoms with Gasteiger partial charge in [-0.2, -0.15) is 4.52 Å². The first kappa shape index (κ1) is 15.3. The highest BCUT2D eigenvalue weighted by Crippen LogP contribution is 2.29. The van der Waals surface area contributed by atoms with Gasteiger partial charge in [0.2, 0.25) is 0 Å². The second kappa shape index (κ2) is 6.06. The van der Waals surface area contributed by atoms with E-state index in [1.165, 1.54) is 5.56 Å². The second-order valence-electron chi connectivity index (χ2n) is 6.50. The molecule has 1 amide bonds. The molecular formula is C18H18N6O2. The zero-order chi connectivity index (χ0) is 17.5. The topological polar surface area (TPSA) is 75.9 Å². The molecule has 1 atom stereocenters. The van der Waals surface area contributed by atoms with Gasteiger partial charge in [0.15, 0.2) is 11.8 Å². The van der Waals surface area contributed by atoms with Crippen molar-refractivity contribution in [3.63, 3.8) is 0 Å². The molecule has 0 spiro atoms. The predicted molar refractivity (Wildman–Crippen MR) is 95.2 cm³/mol. The lowest BCUT2D eigenvalue weighted by Gasteiger charge is -2.34. The van der Waals surface area contributed by atoms with Crippen LogP contribution < -0.4 is 9.80 Å². The number of aromatic nitrogens is 4. The van der Waals surface area contributed by atoms with Crippen LogP contribution in [0.5, 0.6) is 0 Å². The van der Waals surface area contributed by atoms with Gasteiger partial charge < -0.3 is 14.5 Å². The van der Waals surface area contributed by atoms with Gasteiger partial charge in [-0.15, -0.1) is 15.3 Å². The van der Waals surface area contributed by atoms with E-state index in [2.05, 4.69) is 26.3 Å². The molecule has 1 aromatic carbocycles. The average molecular weight is 350 g/mol. The van der Waals surface area contributed by atoms with Crippen LogP contribution in [0.2, 0.25) is 0 Å². The zero-order valence-electron chi connectivity index (χ0n) is 14.2. The highest BCUT2D eigenvalue weighted by molar-refractivity contribution is 5.98. The second-order valence-corrected chi connectivity index (χ2v) is 6.50. The highest BCUT2D eigenvalue weighted by atomic mass is 16.5. The van der Waals surface area contributed by atoms with E-state index in [1.54, 1.807) is 10.8 Å². The number of carbonyl (C=O) groups is 1. The van der Waals surface area contributed by atoms with E-state index in [1.807, 2.05) is 35.2 Å². The number of ether oxygens (including phenoxy) is 1. The van der Waals surface area contributed by atoms with Gasteiger partial charge in [-0.1, -0.05) is 18.2 Å². The van der Waals surface area contributed by atoms with Gasteiger partial charge in [0, 0.05) is 18.8 Å². The minimum absolute atomic E-state index is 0.0185. The SMILES string of the molecule is O=C(C1CN(c2ccc3nncn3n2)CCO1)N1CCc2ccccc21. The van der Waals surface area contributed by atoms with Crippen molar-refractivity contribution in [2.75, 3.05) is 36.0 Å². The van der Waals surface area contributed by atoms with Gasteiger partial charge in [0.25, 0.3) is 5.91 Å². The van der Waals surface area contributed by atoms with Crippen LogP contribution >= 0.6 is 0 Å². The van der Waals surface area contributed by atoms with Gasteiger partial charge in [-0.3, -0.25) is 4.79 Å². The molecule has 0 aliphatic carbocycles. The third kappa shape index (κ3) is 2.50. The Bertz CT molecular complexity index is 971. The Morgan fingerprint density at radius 1 is 1.15 bits per heavy atom. The van der Waals surface area contributed by atoms with E-state index in [4.69, 9.17) is 4.74 Å². The van der Waals surface area contributed by atoms with E-state index in [-0.39, 0.29) is 5.91 Å². The van der Waals surface area contributed by atoms with Crippen LogP contribution in [0.3, 0.4) is 0 Å². The Kier molecular flexibility index (Phi) is 3.56. The van der Waals surface area contributed by atoms with Crippen molar-refractivity contribution in [1.82, 2.24) is 19.8 Å². The fourth-order valence-corrected chi connectivity index (χ4v) is 3.63. The average Bonchev–Trinajstić information content (AvgIpc) is 3.33. The van der Waals surface area contributed by atoms with Gasteiger partial charge in [-0.05, 0) is 30.2 Å². The molecule has 0 saturated carbocycles. The summed E-state index contributed by atoms with van der Waals surface area (Å²) in [6, 6.07) is 11.8. The number of fused-ring (bicyclic) bond motifs is 2. The van der Waals surface area contributed by atoms with E-state index in [0.717, 1.165) is 17.9 Å². The first-order valence-corrected chi connectivity index (χ1v) is 8.72. The summed E-state index contributed by atoms with van der Waals surface area (Å²) < 4.78 is 7.44. The lowest BCUT2D eigenvalue weighted by atomic mass is 10.2. The maximum absolute atomic E-state index is 13.0. The number of hydrogen-bond acceptors (Lipinski definition) is 6. The molecule has 1 saturated heterocycles.